The second-order valence-corrected chi connectivity index (χ2v) is 6.91. The first kappa shape index (κ1) is 16.5. The van der Waals surface area contributed by atoms with Gasteiger partial charge in [0.25, 0.3) is 0 Å². The second-order valence-electron chi connectivity index (χ2n) is 5.67. The molecule has 1 unspecified atom stereocenters. The maximum Gasteiger partial charge on any atom is 0.241 e. The number of nitrogens with one attached hydrogen (secondary N) is 2. The molecule has 2 aromatic carbocycles. The Balaban J connectivity index is 1.36. The van der Waals surface area contributed by atoms with Gasteiger partial charge < -0.3 is 14.8 Å². The van der Waals surface area contributed by atoms with Gasteiger partial charge in [0.05, 0.1) is 17.2 Å². The Kier molecular flexibility index (Phi) is 4.49. The van der Waals surface area contributed by atoms with Crippen LogP contribution in [0, 0.1) is 0 Å². The fourth-order valence-corrected chi connectivity index (χ4v) is 3.78. The molecule has 0 aromatic heterocycles. The minimum atomic E-state index is -0.488. The summed E-state index contributed by atoms with van der Waals surface area (Å²) in [6, 6.07) is 12.9. The average Bonchev–Trinajstić information content (AvgIpc) is 3.12. The number of hydrogen-bond donors (Lipinski definition) is 2. The van der Waals surface area contributed by atoms with Crippen LogP contribution in [0.1, 0.15) is 12.0 Å². The van der Waals surface area contributed by atoms with Crippen molar-refractivity contribution < 1.29 is 19.1 Å². The Morgan fingerprint density at radius 3 is 3.08 bits per heavy atom. The van der Waals surface area contributed by atoms with E-state index in [4.69, 9.17) is 9.47 Å². The van der Waals surface area contributed by atoms with Gasteiger partial charge in [-0.05, 0) is 24.3 Å². The van der Waals surface area contributed by atoms with Gasteiger partial charge in [-0.2, -0.15) is 5.10 Å². The van der Waals surface area contributed by atoms with Crippen molar-refractivity contribution in [3.8, 4) is 11.5 Å². The van der Waals surface area contributed by atoms with Crippen LogP contribution in [0.3, 0.4) is 0 Å². The highest BCUT2D eigenvalue weighted by atomic mass is 32.2. The van der Waals surface area contributed by atoms with Gasteiger partial charge in [-0.15, -0.1) is 11.8 Å². The van der Waals surface area contributed by atoms with E-state index in [0.29, 0.717) is 17.1 Å². The van der Waals surface area contributed by atoms with Gasteiger partial charge in [-0.25, -0.2) is 5.43 Å². The molecule has 2 amide bonds. The zero-order chi connectivity index (χ0) is 17.9. The van der Waals surface area contributed by atoms with Crippen LogP contribution < -0.4 is 20.2 Å². The van der Waals surface area contributed by atoms with Crippen molar-refractivity contribution >= 4 is 35.5 Å². The number of anilines is 1. The molecule has 0 radical (unpaired) electrons. The van der Waals surface area contributed by atoms with Crippen LogP contribution >= 0.6 is 11.8 Å². The van der Waals surface area contributed by atoms with Crippen molar-refractivity contribution in [3.05, 3.63) is 48.0 Å². The van der Waals surface area contributed by atoms with Crippen LogP contribution in [0.25, 0.3) is 0 Å². The Labute approximate surface area is 153 Å². The van der Waals surface area contributed by atoms with Crippen molar-refractivity contribution in [3.63, 3.8) is 0 Å². The number of carbonyl (C=O) groups excluding carboxylic acids is 2. The van der Waals surface area contributed by atoms with E-state index < -0.39 is 5.25 Å². The topological polar surface area (TPSA) is 89.0 Å². The first-order valence-electron chi connectivity index (χ1n) is 7.98. The summed E-state index contributed by atoms with van der Waals surface area (Å²) in [5, 5.41) is 6.28. The number of nitrogens with zero attached hydrogens (tertiary/aromatic N) is 1. The van der Waals surface area contributed by atoms with Crippen LogP contribution in [0.4, 0.5) is 5.69 Å². The zero-order valence-corrected chi connectivity index (χ0v) is 14.4. The summed E-state index contributed by atoms with van der Waals surface area (Å²) in [6.07, 6.45) is 1.53. The van der Waals surface area contributed by atoms with E-state index in [1.807, 2.05) is 36.4 Å². The third kappa shape index (κ3) is 3.36. The van der Waals surface area contributed by atoms with E-state index in [1.165, 1.54) is 18.0 Å². The molecule has 4 rings (SSSR count). The smallest absolute Gasteiger partial charge is 0.241 e. The largest absolute Gasteiger partial charge is 0.454 e. The van der Waals surface area contributed by atoms with Crippen LogP contribution in [0.5, 0.6) is 11.5 Å². The lowest BCUT2D eigenvalue weighted by Crippen LogP contribution is -2.33. The fraction of sp³-hybridized carbons (Fsp3) is 0.167. The van der Waals surface area contributed by atoms with Crippen molar-refractivity contribution in [2.24, 2.45) is 5.10 Å². The normalized spacial score (nSPS) is 17.7. The monoisotopic (exact) mass is 369 g/mol. The highest BCUT2D eigenvalue weighted by Gasteiger charge is 2.28. The first-order valence-corrected chi connectivity index (χ1v) is 8.86. The van der Waals surface area contributed by atoms with Gasteiger partial charge in [0.15, 0.2) is 11.5 Å². The van der Waals surface area contributed by atoms with Crippen LogP contribution in [0.15, 0.2) is 52.5 Å². The summed E-state index contributed by atoms with van der Waals surface area (Å²) >= 11 is 1.38. The van der Waals surface area contributed by atoms with Gasteiger partial charge in [0, 0.05) is 16.9 Å². The summed E-state index contributed by atoms with van der Waals surface area (Å²) in [7, 11) is 0. The molecule has 2 aliphatic heterocycles. The van der Waals surface area contributed by atoms with Crippen LogP contribution in [0.2, 0.25) is 0 Å². The van der Waals surface area contributed by atoms with Crippen LogP contribution in [-0.2, 0) is 9.59 Å². The summed E-state index contributed by atoms with van der Waals surface area (Å²) in [4.78, 5) is 25.2. The third-order valence-corrected chi connectivity index (χ3v) is 5.17. The fourth-order valence-electron chi connectivity index (χ4n) is 2.67. The van der Waals surface area contributed by atoms with Gasteiger partial charge in [0.2, 0.25) is 18.6 Å². The van der Waals surface area contributed by atoms with Crippen molar-refractivity contribution in [1.82, 2.24) is 5.43 Å². The summed E-state index contributed by atoms with van der Waals surface area (Å²) in [5.74, 6) is 0.732. The molecule has 2 N–H and O–H groups in total. The standard InChI is InChI=1S/C18H15N3O4S/c22-16(8-15-18(23)20-12-5-1-2-7-14(12)26-15)21-19-9-11-4-3-6-13-17(11)25-10-24-13/h1-7,9,15H,8,10H2,(H,20,23)(H,21,22)/b19-9+. The molecule has 0 fully saturated rings. The molecular formula is C18H15N3O4S. The maximum absolute atomic E-state index is 12.1. The molecule has 0 bridgehead atoms. The number of ether oxygens (including phenoxy) is 2. The SMILES string of the molecule is O=C(CC1Sc2ccccc2NC1=O)N/N=C/c1cccc2c1OCO2. The predicted molar refractivity (Wildman–Crippen MR) is 97.6 cm³/mol. The highest BCUT2D eigenvalue weighted by molar-refractivity contribution is 8.01. The molecule has 2 aliphatic rings. The number of para-hydroxylation sites is 2. The number of amides is 2. The number of thioether (sulfide) groups is 1. The summed E-state index contributed by atoms with van der Waals surface area (Å²) in [6.45, 7) is 0.169. The first-order chi connectivity index (χ1) is 12.7. The average molecular weight is 369 g/mol. The molecule has 26 heavy (non-hydrogen) atoms. The minimum Gasteiger partial charge on any atom is -0.454 e. The lowest BCUT2D eigenvalue weighted by atomic mass is 10.2. The summed E-state index contributed by atoms with van der Waals surface area (Å²) in [5.41, 5.74) is 3.94. The molecular weight excluding hydrogens is 354 g/mol. The van der Waals surface area contributed by atoms with E-state index >= 15 is 0 Å². The molecule has 0 saturated carbocycles. The lowest BCUT2D eigenvalue weighted by molar-refractivity contribution is -0.124. The predicted octanol–water partition coefficient (Wildman–Crippen LogP) is 2.37. The highest BCUT2D eigenvalue weighted by Crippen LogP contribution is 2.36. The van der Waals surface area contributed by atoms with E-state index in [9.17, 15) is 9.59 Å². The molecule has 132 valence electrons. The van der Waals surface area contributed by atoms with Crippen molar-refractivity contribution in [2.75, 3.05) is 12.1 Å². The molecule has 1 atom stereocenters. The second kappa shape index (κ2) is 7.09. The summed E-state index contributed by atoms with van der Waals surface area (Å²) < 4.78 is 10.7. The molecule has 0 spiro atoms. The maximum atomic E-state index is 12.1. The van der Waals surface area contributed by atoms with E-state index in [2.05, 4.69) is 15.8 Å². The number of hydrazone groups is 1. The van der Waals surface area contributed by atoms with Crippen molar-refractivity contribution in [1.29, 1.82) is 0 Å². The van der Waals surface area contributed by atoms with E-state index in [1.54, 1.807) is 6.07 Å². The van der Waals surface area contributed by atoms with Gasteiger partial charge in [0.1, 0.15) is 0 Å². The van der Waals surface area contributed by atoms with Gasteiger partial charge in [-0.3, -0.25) is 9.59 Å². The number of rotatable bonds is 4. The Morgan fingerprint density at radius 1 is 1.27 bits per heavy atom. The Bertz CT molecular complexity index is 900. The number of carbonyl (C=O) groups is 2. The molecule has 0 aliphatic carbocycles. The minimum absolute atomic E-state index is 0.0364. The van der Waals surface area contributed by atoms with Gasteiger partial charge in [-0.1, -0.05) is 18.2 Å². The lowest BCUT2D eigenvalue weighted by Gasteiger charge is -2.23. The number of benzene rings is 2. The quantitative estimate of drug-likeness (QED) is 0.638. The Morgan fingerprint density at radius 2 is 2.15 bits per heavy atom. The van der Waals surface area contributed by atoms with Gasteiger partial charge >= 0.3 is 0 Å². The molecule has 2 aromatic rings. The number of fused-ring (bicyclic) bond motifs is 2. The molecule has 7 nitrogen and oxygen atoms in total. The zero-order valence-electron chi connectivity index (χ0n) is 13.6. The van der Waals surface area contributed by atoms with E-state index in [-0.39, 0.29) is 25.0 Å². The van der Waals surface area contributed by atoms with Crippen molar-refractivity contribution in [2.45, 2.75) is 16.6 Å². The number of hydrogen-bond acceptors (Lipinski definition) is 6. The third-order valence-electron chi connectivity index (χ3n) is 3.90. The molecule has 2 heterocycles. The molecule has 0 saturated heterocycles. The molecule has 8 heteroatoms. The van der Waals surface area contributed by atoms with Crippen LogP contribution in [-0.4, -0.2) is 30.1 Å². The Hall–Kier alpha value is -3.00. The van der Waals surface area contributed by atoms with E-state index in [0.717, 1.165) is 10.6 Å².